The van der Waals surface area contributed by atoms with E-state index in [0.717, 1.165) is 4.47 Å². The zero-order chi connectivity index (χ0) is 19.9. The van der Waals surface area contributed by atoms with Gasteiger partial charge in [-0.05, 0) is 36.4 Å². The van der Waals surface area contributed by atoms with Crippen molar-refractivity contribution in [3.8, 4) is 11.8 Å². The highest BCUT2D eigenvalue weighted by Crippen LogP contribution is 2.21. The highest BCUT2D eigenvalue weighted by molar-refractivity contribution is 9.10. The van der Waals surface area contributed by atoms with Gasteiger partial charge in [0, 0.05) is 17.3 Å². The molecule has 0 unspecified atom stereocenters. The maximum absolute atomic E-state index is 12.9. The number of rotatable bonds is 8. The van der Waals surface area contributed by atoms with Gasteiger partial charge in [0.2, 0.25) is 0 Å². The number of ether oxygens (including phenoxy) is 2. The van der Waals surface area contributed by atoms with Crippen LogP contribution in [0.2, 0.25) is 0 Å². The van der Waals surface area contributed by atoms with Gasteiger partial charge in [0.25, 0.3) is 5.56 Å². The molecule has 1 heterocycles. The van der Waals surface area contributed by atoms with E-state index < -0.39 is 0 Å². The van der Waals surface area contributed by atoms with Gasteiger partial charge in [0.15, 0.2) is 5.16 Å². The smallest absolute Gasteiger partial charge is 0.262 e. The molecule has 0 amide bonds. The van der Waals surface area contributed by atoms with Crippen LogP contribution < -0.4 is 10.3 Å². The summed E-state index contributed by atoms with van der Waals surface area (Å²) in [4.78, 5) is 17.6. The molecule has 0 spiro atoms. The van der Waals surface area contributed by atoms with Gasteiger partial charge in [-0.15, -0.1) is 0 Å². The molecular weight excluding hydrogens is 442 g/mol. The third kappa shape index (κ3) is 4.93. The van der Waals surface area contributed by atoms with E-state index in [0.29, 0.717) is 52.9 Å². The van der Waals surface area contributed by atoms with E-state index in [1.807, 2.05) is 18.2 Å². The second kappa shape index (κ2) is 9.73. The Morgan fingerprint density at radius 1 is 1.25 bits per heavy atom. The Hall–Kier alpha value is -2.34. The molecule has 144 valence electrons. The lowest BCUT2D eigenvalue weighted by Gasteiger charge is -2.13. The summed E-state index contributed by atoms with van der Waals surface area (Å²) in [6.07, 6.45) is 0. The fourth-order valence-electron chi connectivity index (χ4n) is 2.61. The Bertz CT molecular complexity index is 1080. The van der Waals surface area contributed by atoms with Crippen molar-refractivity contribution in [3.05, 3.63) is 62.9 Å². The molecule has 0 saturated heterocycles. The van der Waals surface area contributed by atoms with E-state index in [1.165, 1.54) is 11.8 Å². The fourth-order valence-corrected chi connectivity index (χ4v) is 3.81. The number of fused-ring (bicyclic) bond motifs is 1. The maximum Gasteiger partial charge on any atom is 0.262 e. The van der Waals surface area contributed by atoms with Crippen LogP contribution in [-0.4, -0.2) is 35.6 Å². The number of benzene rings is 2. The molecule has 0 radical (unpaired) electrons. The zero-order valence-electron chi connectivity index (χ0n) is 15.2. The van der Waals surface area contributed by atoms with E-state index in [4.69, 9.17) is 14.7 Å². The van der Waals surface area contributed by atoms with E-state index >= 15 is 0 Å². The second-order valence-electron chi connectivity index (χ2n) is 5.84. The van der Waals surface area contributed by atoms with Gasteiger partial charge < -0.3 is 9.47 Å². The first kappa shape index (κ1) is 20.4. The predicted molar refractivity (Wildman–Crippen MR) is 113 cm³/mol. The van der Waals surface area contributed by atoms with Crippen molar-refractivity contribution in [1.29, 1.82) is 5.26 Å². The minimum atomic E-state index is -0.0894. The SMILES string of the molecule is COCCn1c(SCCOc2cccc(C#N)c2)nc2ccc(Br)cc2c1=O. The summed E-state index contributed by atoms with van der Waals surface area (Å²) >= 11 is 4.86. The van der Waals surface area contributed by atoms with Gasteiger partial charge >= 0.3 is 0 Å². The third-order valence-corrected chi connectivity index (χ3v) is 5.38. The standard InChI is InChI=1S/C20H18BrN3O3S/c1-26-8-7-24-19(25)17-12-15(21)5-6-18(17)23-20(24)28-10-9-27-16-4-2-3-14(11-16)13-22/h2-6,11-12H,7-10H2,1H3. The van der Waals surface area contributed by atoms with Crippen molar-refractivity contribution in [2.75, 3.05) is 26.1 Å². The highest BCUT2D eigenvalue weighted by atomic mass is 79.9. The molecule has 0 aliphatic rings. The number of aromatic nitrogens is 2. The molecule has 0 saturated carbocycles. The molecule has 0 aliphatic heterocycles. The lowest BCUT2D eigenvalue weighted by atomic mass is 10.2. The van der Waals surface area contributed by atoms with Gasteiger partial charge in [0.1, 0.15) is 5.75 Å². The Morgan fingerprint density at radius 2 is 2.11 bits per heavy atom. The summed E-state index contributed by atoms with van der Waals surface area (Å²) in [5.74, 6) is 1.26. The Labute approximate surface area is 175 Å². The van der Waals surface area contributed by atoms with Crippen LogP contribution >= 0.6 is 27.7 Å². The molecule has 0 fully saturated rings. The number of thioether (sulfide) groups is 1. The molecule has 28 heavy (non-hydrogen) atoms. The van der Waals surface area contributed by atoms with Gasteiger partial charge in [-0.3, -0.25) is 9.36 Å². The summed E-state index contributed by atoms with van der Waals surface area (Å²) in [6, 6.07) is 14.6. The van der Waals surface area contributed by atoms with Crippen molar-refractivity contribution >= 4 is 38.6 Å². The largest absolute Gasteiger partial charge is 0.493 e. The van der Waals surface area contributed by atoms with Crippen molar-refractivity contribution < 1.29 is 9.47 Å². The summed E-state index contributed by atoms with van der Waals surface area (Å²) in [5, 5.41) is 10.1. The quantitative estimate of drug-likeness (QED) is 0.289. The van der Waals surface area contributed by atoms with Gasteiger partial charge in [-0.1, -0.05) is 33.8 Å². The van der Waals surface area contributed by atoms with E-state index in [2.05, 4.69) is 27.0 Å². The molecule has 3 aromatic rings. The summed E-state index contributed by atoms with van der Waals surface area (Å²) in [5.41, 5.74) is 1.13. The molecule has 0 aliphatic carbocycles. The van der Waals surface area contributed by atoms with Crippen molar-refractivity contribution in [2.45, 2.75) is 11.7 Å². The first-order chi connectivity index (χ1) is 13.6. The summed E-state index contributed by atoms with van der Waals surface area (Å²) < 4.78 is 13.3. The monoisotopic (exact) mass is 459 g/mol. The normalized spacial score (nSPS) is 10.8. The van der Waals surface area contributed by atoms with Gasteiger partial charge in [0.05, 0.1) is 42.3 Å². The molecular formula is C20H18BrN3O3S. The minimum Gasteiger partial charge on any atom is -0.493 e. The molecule has 8 heteroatoms. The average Bonchev–Trinajstić information content (AvgIpc) is 2.71. The molecule has 6 nitrogen and oxygen atoms in total. The van der Waals surface area contributed by atoms with E-state index in [1.54, 1.807) is 35.9 Å². The molecule has 1 aromatic heterocycles. The van der Waals surface area contributed by atoms with Crippen LogP contribution in [0.3, 0.4) is 0 Å². The highest BCUT2D eigenvalue weighted by Gasteiger charge is 2.12. The van der Waals surface area contributed by atoms with Crippen LogP contribution in [-0.2, 0) is 11.3 Å². The Balaban J connectivity index is 1.76. The number of hydrogen-bond donors (Lipinski definition) is 0. The number of methoxy groups -OCH3 is 1. The number of hydrogen-bond acceptors (Lipinski definition) is 6. The van der Waals surface area contributed by atoms with Crippen LogP contribution in [0, 0.1) is 11.3 Å². The molecule has 3 rings (SSSR count). The lowest BCUT2D eigenvalue weighted by molar-refractivity contribution is 0.183. The van der Waals surface area contributed by atoms with Crippen LogP contribution in [0.5, 0.6) is 5.75 Å². The van der Waals surface area contributed by atoms with Crippen molar-refractivity contribution in [2.24, 2.45) is 0 Å². The van der Waals surface area contributed by atoms with Crippen LogP contribution in [0.4, 0.5) is 0 Å². The topological polar surface area (TPSA) is 77.1 Å². The van der Waals surface area contributed by atoms with Gasteiger partial charge in [-0.25, -0.2) is 4.98 Å². The Kier molecular flexibility index (Phi) is 7.09. The minimum absolute atomic E-state index is 0.0894. The van der Waals surface area contributed by atoms with Crippen molar-refractivity contribution in [1.82, 2.24) is 9.55 Å². The summed E-state index contributed by atoms with van der Waals surface area (Å²) in [6.45, 7) is 1.28. The first-order valence-corrected chi connectivity index (χ1v) is 10.3. The van der Waals surface area contributed by atoms with E-state index in [-0.39, 0.29) is 5.56 Å². The number of nitriles is 1. The first-order valence-electron chi connectivity index (χ1n) is 8.57. The summed E-state index contributed by atoms with van der Waals surface area (Å²) in [7, 11) is 1.60. The lowest BCUT2D eigenvalue weighted by Crippen LogP contribution is -2.25. The molecule has 0 atom stereocenters. The number of halogens is 1. The van der Waals surface area contributed by atoms with Crippen LogP contribution in [0.25, 0.3) is 10.9 Å². The van der Waals surface area contributed by atoms with Gasteiger partial charge in [-0.2, -0.15) is 5.26 Å². The zero-order valence-corrected chi connectivity index (χ0v) is 17.6. The second-order valence-corrected chi connectivity index (χ2v) is 7.82. The average molecular weight is 460 g/mol. The maximum atomic E-state index is 12.9. The molecule has 0 N–H and O–H groups in total. The van der Waals surface area contributed by atoms with Crippen LogP contribution in [0.15, 0.2) is 56.9 Å². The fraction of sp³-hybridized carbons (Fsp3) is 0.250. The predicted octanol–water partition coefficient (Wildman–Crippen LogP) is 3.85. The molecule has 2 aromatic carbocycles. The van der Waals surface area contributed by atoms with E-state index in [9.17, 15) is 4.79 Å². The molecule has 0 bridgehead atoms. The van der Waals surface area contributed by atoms with Crippen molar-refractivity contribution in [3.63, 3.8) is 0 Å². The number of nitrogens with zero attached hydrogens (tertiary/aromatic N) is 3. The Morgan fingerprint density at radius 3 is 2.89 bits per heavy atom. The third-order valence-electron chi connectivity index (χ3n) is 3.95. The van der Waals surface area contributed by atoms with Crippen LogP contribution in [0.1, 0.15) is 5.56 Å².